The predicted molar refractivity (Wildman–Crippen MR) is 120 cm³/mol. The van der Waals surface area contributed by atoms with Crippen molar-refractivity contribution in [3.05, 3.63) is 77.1 Å². The summed E-state index contributed by atoms with van der Waals surface area (Å²) in [5, 5.41) is 4.55. The molecule has 0 fully saturated rings. The number of rotatable bonds is 7. The first-order chi connectivity index (χ1) is 16.6. The van der Waals surface area contributed by atoms with Crippen LogP contribution in [0.15, 0.2) is 54.6 Å². The topological polar surface area (TPSA) is 85.9 Å². The van der Waals surface area contributed by atoms with Crippen molar-refractivity contribution in [2.75, 3.05) is 32.0 Å². The van der Waals surface area contributed by atoms with Crippen LogP contribution in [0.4, 0.5) is 28.9 Å². The van der Waals surface area contributed by atoms with E-state index in [0.717, 1.165) is 18.2 Å². The van der Waals surface area contributed by atoms with Gasteiger partial charge in [0.1, 0.15) is 11.6 Å². The fourth-order valence-electron chi connectivity index (χ4n) is 3.17. The minimum absolute atomic E-state index is 0.0527. The molecule has 0 aliphatic heterocycles. The minimum Gasteiger partial charge on any atom is -0.496 e. The van der Waals surface area contributed by atoms with E-state index in [0.29, 0.717) is 6.07 Å². The molecule has 35 heavy (non-hydrogen) atoms. The second kappa shape index (κ2) is 10.3. The van der Waals surface area contributed by atoms with Crippen LogP contribution in [0.1, 0.15) is 26.3 Å². The van der Waals surface area contributed by atoms with Gasteiger partial charge in [-0.1, -0.05) is 0 Å². The zero-order chi connectivity index (χ0) is 25.8. The number of ether oxygens (including phenoxy) is 3. The molecule has 0 aliphatic rings. The molecule has 11 heteroatoms. The smallest absolute Gasteiger partial charge is 0.418 e. The summed E-state index contributed by atoms with van der Waals surface area (Å²) in [7, 11) is 4.01. The van der Waals surface area contributed by atoms with Gasteiger partial charge in [-0.25, -0.2) is 4.39 Å². The van der Waals surface area contributed by atoms with Gasteiger partial charge in [-0.05, 0) is 42.5 Å². The van der Waals surface area contributed by atoms with Crippen molar-refractivity contribution in [2.24, 2.45) is 0 Å². The van der Waals surface area contributed by atoms with Gasteiger partial charge in [0.25, 0.3) is 11.8 Å². The van der Waals surface area contributed by atoms with Gasteiger partial charge < -0.3 is 24.8 Å². The van der Waals surface area contributed by atoms with Crippen molar-refractivity contribution in [1.82, 2.24) is 0 Å². The van der Waals surface area contributed by atoms with E-state index in [4.69, 9.17) is 14.2 Å². The van der Waals surface area contributed by atoms with E-state index in [9.17, 15) is 27.2 Å². The number of alkyl halides is 3. The number of carbonyl (C=O) groups excluding carboxylic acids is 2. The maximum absolute atomic E-state index is 13.8. The Labute approximate surface area is 197 Å². The molecule has 0 saturated carbocycles. The van der Waals surface area contributed by atoms with Crippen LogP contribution in [0.2, 0.25) is 0 Å². The molecule has 0 atom stereocenters. The summed E-state index contributed by atoms with van der Waals surface area (Å²) in [5.74, 6) is -1.70. The van der Waals surface area contributed by atoms with Gasteiger partial charge in [0.15, 0.2) is 11.5 Å². The first-order valence-electron chi connectivity index (χ1n) is 9.97. The molecular weight excluding hydrogens is 472 g/mol. The molecule has 3 aromatic carbocycles. The van der Waals surface area contributed by atoms with E-state index >= 15 is 0 Å². The lowest BCUT2D eigenvalue weighted by Gasteiger charge is -2.17. The van der Waals surface area contributed by atoms with Crippen molar-refractivity contribution in [3.63, 3.8) is 0 Å². The molecule has 0 aromatic heterocycles. The second-order valence-electron chi connectivity index (χ2n) is 7.08. The third-order valence-corrected chi connectivity index (χ3v) is 4.89. The number of methoxy groups -OCH3 is 3. The van der Waals surface area contributed by atoms with Gasteiger partial charge in [0, 0.05) is 23.4 Å². The van der Waals surface area contributed by atoms with Crippen molar-refractivity contribution in [1.29, 1.82) is 0 Å². The van der Waals surface area contributed by atoms with E-state index in [-0.39, 0.29) is 34.1 Å². The lowest BCUT2D eigenvalue weighted by Crippen LogP contribution is -2.18. The fraction of sp³-hybridized carbons (Fsp3) is 0.167. The zero-order valence-electron chi connectivity index (χ0n) is 18.7. The Hall–Kier alpha value is -4.28. The van der Waals surface area contributed by atoms with E-state index in [1.54, 1.807) is 0 Å². The van der Waals surface area contributed by atoms with Crippen molar-refractivity contribution >= 4 is 23.2 Å². The van der Waals surface area contributed by atoms with Gasteiger partial charge >= 0.3 is 6.18 Å². The average Bonchev–Trinajstić information content (AvgIpc) is 2.83. The molecule has 2 N–H and O–H groups in total. The number of hydrogen-bond donors (Lipinski definition) is 2. The molecule has 0 aliphatic carbocycles. The maximum atomic E-state index is 13.8. The largest absolute Gasteiger partial charge is 0.496 e. The highest BCUT2D eigenvalue weighted by Gasteiger charge is 2.35. The Kier molecular flexibility index (Phi) is 7.48. The van der Waals surface area contributed by atoms with E-state index in [1.807, 2.05) is 0 Å². The van der Waals surface area contributed by atoms with Gasteiger partial charge in [0.05, 0.1) is 38.1 Å². The Morgan fingerprint density at radius 3 is 1.91 bits per heavy atom. The molecule has 0 spiro atoms. The SMILES string of the molecule is COc1cc(OC)c(C(=O)Nc2ccc(NC(=O)c3ccc(F)cc3)cc2C(F)(F)F)cc1OC. The summed E-state index contributed by atoms with van der Waals surface area (Å²) >= 11 is 0. The van der Waals surface area contributed by atoms with E-state index in [1.165, 1.54) is 51.7 Å². The fourth-order valence-corrected chi connectivity index (χ4v) is 3.17. The number of amides is 2. The molecule has 3 rings (SSSR count). The highest BCUT2D eigenvalue weighted by atomic mass is 19.4. The summed E-state index contributed by atoms with van der Waals surface area (Å²) in [6.07, 6.45) is -4.86. The molecule has 0 radical (unpaired) electrons. The normalized spacial score (nSPS) is 10.9. The minimum atomic E-state index is -4.86. The van der Waals surface area contributed by atoms with Crippen molar-refractivity contribution in [2.45, 2.75) is 6.18 Å². The molecule has 0 unspecified atom stereocenters. The Morgan fingerprint density at radius 2 is 1.34 bits per heavy atom. The third kappa shape index (κ3) is 5.81. The van der Waals surface area contributed by atoms with Crippen LogP contribution in [0.3, 0.4) is 0 Å². The second-order valence-corrected chi connectivity index (χ2v) is 7.08. The van der Waals surface area contributed by atoms with Crippen LogP contribution in [0.5, 0.6) is 17.2 Å². The summed E-state index contributed by atoms with van der Waals surface area (Å²) in [5.41, 5.74) is -1.94. The molecule has 3 aromatic rings. The lowest BCUT2D eigenvalue weighted by molar-refractivity contribution is -0.136. The van der Waals surface area contributed by atoms with E-state index < -0.39 is 35.1 Å². The van der Waals surface area contributed by atoms with Crippen LogP contribution in [0, 0.1) is 5.82 Å². The number of nitrogens with one attached hydrogen (secondary N) is 2. The van der Waals surface area contributed by atoms with Gasteiger partial charge in [-0.15, -0.1) is 0 Å². The zero-order valence-corrected chi connectivity index (χ0v) is 18.7. The van der Waals surface area contributed by atoms with Crippen LogP contribution in [-0.4, -0.2) is 33.1 Å². The highest BCUT2D eigenvalue weighted by Crippen LogP contribution is 2.38. The van der Waals surface area contributed by atoms with Gasteiger partial charge in [-0.3, -0.25) is 9.59 Å². The molecule has 0 saturated heterocycles. The summed E-state index contributed by atoms with van der Waals surface area (Å²) in [4.78, 5) is 25.2. The average molecular weight is 492 g/mol. The van der Waals surface area contributed by atoms with Crippen LogP contribution < -0.4 is 24.8 Å². The molecule has 0 heterocycles. The third-order valence-electron chi connectivity index (χ3n) is 4.89. The number of hydrogen-bond acceptors (Lipinski definition) is 5. The predicted octanol–water partition coefficient (Wildman–Crippen LogP) is 5.37. The summed E-state index contributed by atoms with van der Waals surface area (Å²) in [6.45, 7) is 0. The molecule has 184 valence electrons. The Bertz CT molecular complexity index is 1240. The molecular formula is C24H20F4N2O5. The quantitative estimate of drug-likeness (QED) is 0.433. The van der Waals surface area contributed by atoms with Gasteiger partial charge in [-0.2, -0.15) is 13.2 Å². The summed E-state index contributed by atoms with van der Waals surface area (Å²) in [6, 6.07) is 10.0. The standard InChI is InChI=1S/C24H20F4N2O5/c1-33-19-12-21(35-3)20(34-2)11-16(19)23(32)30-18-9-8-15(10-17(18)24(26,27)28)29-22(31)13-4-6-14(25)7-5-13/h4-12H,1-3H3,(H,29,31)(H,30,32). The first kappa shape index (κ1) is 25.3. The van der Waals surface area contributed by atoms with Crippen LogP contribution in [-0.2, 0) is 6.18 Å². The number of anilines is 2. The number of halogens is 4. The highest BCUT2D eigenvalue weighted by molar-refractivity contribution is 6.08. The maximum Gasteiger partial charge on any atom is 0.418 e. The Morgan fingerprint density at radius 1 is 0.743 bits per heavy atom. The molecule has 7 nitrogen and oxygen atoms in total. The number of carbonyl (C=O) groups is 2. The molecule has 2 amide bonds. The first-order valence-corrected chi connectivity index (χ1v) is 9.97. The van der Waals surface area contributed by atoms with Crippen LogP contribution in [0.25, 0.3) is 0 Å². The Balaban J connectivity index is 1.92. The van der Waals surface area contributed by atoms with E-state index in [2.05, 4.69) is 10.6 Å². The number of benzene rings is 3. The van der Waals surface area contributed by atoms with Crippen molar-refractivity contribution in [3.8, 4) is 17.2 Å². The van der Waals surface area contributed by atoms with Crippen molar-refractivity contribution < 1.29 is 41.4 Å². The monoisotopic (exact) mass is 492 g/mol. The lowest BCUT2D eigenvalue weighted by atomic mass is 10.1. The molecule has 0 bridgehead atoms. The van der Waals surface area contributed by atoms with Gasteiger partial charge in [0.2, 0.25) is 0 Å². The summed E-state index contributed by atoms with van der Waals surface area (Å²) < 4.78 is 69.8. The van der Waals surface area contributed by atoms with Crippen LogP contribution >= 0.6 is 0 Å².